The van der Waals surface area contributed by atoms with Gasteiger partial charge in [0.05, 0.1) is 5.41 Å². The first-order valence-corrected chi connectivity index (χ1v) is 7.22. The van der Waals surface area contributed by atoms with E-state index in [1.165, 1.54) is 5.56 Å². The average molecular weight is 260 g/mol. The number of rotatable bonds is 4. The van der Waals surface area contributed by atoms with E-state index in [9.17, 15) is 0 Å². The molecule has 1 aliphatic rings. The van der Waals surface area contributed by atoms with E-state index < -0.39 is 0 Å². The predicted octanol–water partition coefficient (Wildman–Crippen LogP) is 3.05. The van der Waals surface area contributed by atoms with Crippen LogP contribution in [-0.4, -0.2) is 37.0 Å². The van der Waals surface area contributed by atoms with Gasteiger partial charge < -0.3 is 9.64 Å². The molecule has 0 bridgehead atoms. The molecule has 104 valence electrons. The van der Waals surface area contributed by atoms with Gasteiger partial charge in [0, 0.05) is 26.3 Å². The van der Waals surface area contributed by atoms with Gasteiger partial charge in [0.1, 0.15) is 5.84 Å². The highest BCUT2D eigenvalue weighted by atomic mass is 16.5. The molecule has 0 aliphatic carbocycles. The molecule has 1 aliphatic heterocycles. The summed E-state index contributed by atoms with van der Waals surface area (Å²) >= 11 is 0. The van der Waals surface area contributed by atoms with Crippen molar-refractivity contribution in [3.05, 3.63) is 35.9 Å². The van der Waals surface area contributed by atoms with E-state index in [-0.39, 0.29) is 5.41 Å². The summed E-state index contributed by atoms with van der Waals surface area (Å²) in [5.74, 6) is 0.756. The summed E-state index contributed by atoms with van der Waals surface area (Å²) in [4.78, 5) is 2.16. The first kappa shape index (κ1) is 14.1. The Morgan fingerprint density at radius 1 is 1.16 bits per heavy atom. The second-order valence-corrected chi connectivity index (χ2v) is 5.08. The van der Waals surface area contributed by atoms with E-state index in [0.29, 0.717) is 0 Å². The fourth-order valence-corrected chi connectivity index (χ4v) is 2.98. The number of benzene rings is 1. The molecule has 1 saturated heterocycles. The van der Waals surface area contributed by atoms with Gasteiger partial charge in [0.2, 0.25) is 0 Å². The molecule has 0 atom stereocenters. The Morgan fingerprint density at radius 2 is 1.74 bits per heavy atom. The maximum absolute atomic E-state index is 8.70. The third-order valence-electron chi connectivity index (χ3n) is 4.21. The van der Waals surface area contributed by atoms with E-state index in [2.05, 4.69) is 43.0 Å². The highest BCUT2D eigenvalue weighted by molar-refractivity contribution is 5.90. The lowest BCUT2D eigenvalue weighted by Gasteiger charge is -2.42. The predicted molar refractivity (Wildman–Crippen MR) is 78.8 cm³/mol. The topological polar surface area (TPSA) is 36.3 Å². The molecule has 0 saturated carbocycles. The van der Waals surface area contributed by atoms with Crippen LogP contribution in [0.15, 0.2) is 30.3 Å². The summed E-state index contributed by atoms with van der Waals surface area (Å²) in [6.07, 6.45) is 1.82. The normalized spacial score (nSPS) is 18.0. The van der Waals surface area contributed by atoms with Crippen LogP contribution >= 0.6 is 0 Å². The van der Waals surface area contributed by atoms with E-state index in [0.717, 1.165) is 45.0 Å². The van der Waals surface area contributed by atoms with Gasteiger partial charge in [-0.1, -0.05) is 30.3 Å². The van der Waals surface area contributed by atoms with Crippen LogP contribution in [0.25, 0.3) is 0 Å². The number of ether oxygens (including phenoxy) is 1. The number of hydrogen-bond acceptors (Lipinski definition) is 2. The SMILES string of the molecule is CCN(CC)C(=N)C1(c2ccccc2)CCOCC1. The molecule has 3 nitrogen and oxygen atoms in total. The van der Waals surface area contributed by atoms with Crippen molar-refractivity contribution in [2.45, 2.75) is 32.1 Å². The van der Waals surface area contributed by atoms with Crippen LogP contribution < -0.4 is 0 Å². The fourth-order valence-electron chi connectivity index (χ4n) is 2.98. The zero-order chi connectivity index (χ0) is 13.7. The van der Waals surface area contributed by atoms with Crippen molar-refractivity contribution in [3.63, 3.8) is 0 Å². The third-order valence-corrected chi connectivity index (χ3v) is 4.21. The fraction of sp³-hybridized carbons (Fsp3) is 0.562. The molecule has 0 unspecified atom stereocenters. The molecule has 0 spiro atoms. The zero-order valence-corrected chi connectivity index (χ0v) is 12.0. The van der Waals surface area contributed by atoms with Crippen LogP contribution in [0.1, 0.15) is 32.3 Å². The van der Waals surface area contributed by atoms with E-state index in [1.54, 1.807) is 0 Å². The minimum atomic E-state index is -0.161. The van der Waals surface area contributed by atoms with Crippen LogP contribution in [-0.2, 0) is 10.2 Å². The molecule has 0 radical (unpaired) electrons. The minimum absolute atomic E-state index is 0.161. The Labute approximate surface area is 116 Å². The monoisotopic (exact) mass is 260 g/mol. The first-order valence-electron chi connectivity index (χ1n) is 7.22. The Hall–Kier alpha value is -1.35. The van der Waals surface area contributed by atoms with Crippen LogP contribution in [0.5, 0.6) is 0 Å². The van der Waals surface area contributed by atoms with Gasteiger partial charge in [-0.2, -0.15) is 0 Å². The Balaban J connectivity index is 2.37. The van der Waals surface area contributed by atoms with Gasteiger partial charge in [0.25, 0.3) is 0 Å². The van der Waals surface area contributed by atoms with Crippen LogP contribution in [0.3, 0.4) is 0 Å². The van der Waals surface area contributed by atoms with Crippen molar-refractivity contribution in [2.75, 3.05) is 26.3 Å². The van der Waals surface area contributed by atoms with Crippen LogP contribution in [0.2, 0.25) is 0 Å². The smallest absolute Gasteiger partial charge is 0.107 e. The second kappa shape index (κ2) is 6.20. The van der Waals surface area contributed by atoms with Gasteiger partial charge in [0.15, 0.2) is 0 Å². The summed E-state index contributed by atoms with van der Waals surface area (Å²) in [6, 6.07) is 10.5. The Kier molecular flexibility index (Phi) is 4.59. The van der Waals surface area contributed by atoms with Gasteiger partial charge in [-0.25, -0.2) is 0 Å². The number of nitrogens with zero attached hydrogens (tertiary/aromatic N) is 1. The van der Waals surface area contributed by atoms with Gasteiger partial charge >= 0.3 is 0 Å². The second-order valence-electron chi connectivity index (χ2n) is 5.08. The maximum atomic E-state index is 8.70. The first-order chi connectivity index (χ1) is 9.24. The largest absolute Gasteiger partial charge is 0.381 e. The molecular formula is C16H24N2O. The maximum Gasteiger partial charge on any atom is 0.107 e. The lowest BCUT2D eigenvalue weighted by molar-refractivity contribution is 0.0669. The summed E-state index contributed by atoms with van der Waals surface area (Å²) in [5.41, 5.74) is 1.10. The third kappa shape index (κ3) is 2.66. The molecule has 0 amide bonds. The van der Waals surface area contributed by atoms with Crippen molar-refractivity contribution < 1.29 is 4.74 Å². The Morgan fingerprint density at radius 3 is 2.26 bits per heavy atom. The summed E-state index contributed by atoms with van der Waals surface area (Å²) in [5, 5.41) is 8.70. The van der Waals surface area contributed by atoms with Gasteiger partial charge in [-0.3, -0.25) is 5.41 Å². The molecule has 1 heterocycles. The Bertz CT molecular complexity index is 406. The molecule has 19 heavy (non-hydrogen) atoms. The molecule has 1 fully saturated rings. The number of amidine groups is 1. The van der Waals surface area contributed by atoms with Gasteiger partial charge in [-0.15, -0.1) is 0 Å². The molecule has 1 aromatic rings. The van der Waals surface area contributed by atoms with E-state index in [1.807, 2.05) is 6.07 Å². The van der Waals surface area contributed by atoms with Crippen molar-refractivity contribution in [3.8, 4) is 0 Å². The molecule has 1 N–H and O–H groups in total. The molecule has 3 heteroatoms. The number of hydrogen-bond donors (Lipinski definition) is 1. The summed E-state index contributed by atoms with van der Waals surface area (Å²) < 4.78 is 5.53. The van der Waals surface area contributed by atoms with E-state index in [4.69, 9.17) is 10.1 Å². The molecule has 0 aromatic heterocycles. The van der Waals surface area contributed by atoms with Crippen molar-refractivity contribution >= 4 is 5.84 Å². The van der Waals surface area contributed by atoms with Crippen LogP contribution in [0, 0.1) is 5.41 Å². The summed E-state index contributed by atoms with van der Waals surface area (Å²) in [7, 11) is 0. The number of nitrogens with one attached hydrogen (secondary N) is 1. The zero-order valence-electron chi connectivity index (χ0n) is 12.0. The minimum Gasteiger partial charge on any atom is -0.381 e. The van der Waals surface area contributed by atoms with E-state index >= 15 is 0 Å². The standard InChI is InChI=1S/C16H24N2O/c1-3-18(4-2)15(17)16(10-12-19-13-11-16)14-8-6-5-7-9-14/h5-9,17H,3-4,10-13H2,1-2H3. The van der Waals surface area contributed by atoms with Crippen molar-refractivity contribution in [1.29, 1.82) is 5.41 Å². The van der Waals surface area contributed by atoms with Crippen molar-refractivity contribution in [2.24, 2.45) is 0 Å². The molecule has 1 aromatic carbocycles. The van der Waals surface area contributed by atoms with Gasteiger partial charge in [-0.05, 0) is 32.3 Å². The van der Waals surface area contributed by atoms with Crippen LogP contribution in [0.4, 0.5) is 0 Å². The molecular weight excluding hydrogens is 236 g/mol. The molecule has 2 rings (SSSR count). The summed E-state index contributed by atoms with van der Waals surface area (Å²) in [6.45, 7) is 7.53. The lowest BCUT2D eigenvalue weighted by Crippen LogP contribution is -2.49. The van der Waals surface area contributed by atoms with Crippen molar-refractivity contribution in [1.82, 2.24) is 4.90 Å². The number of likely N-dealkylation sites (N-methyl/N-ethyl adjacent to an activating group) is 1. The highest BCUT2D eigenvalue weighted by Crippen LogP contribution is 2.36. The highest BCUT2D eigenvalue weighted by Gasteiger charge is 2.40. The quantitative estimate of drug-likeness (QED) is 0.667. The lowest BCUT2D eigenvalue weighted by atomic mass is 9.72. The average Bonchev–Trinajstić information content (AvgIpc) is 2.50.